The quantitative estimate of drug-likeness (QED) is 0.211. The molecule has 1 aromatic rings. The van der Waals surface area contributed by atoms with E-state index in [0.29, 0.717) is 6.47 Å². The second-order valence-corrected chi connectivity index (χ2v) is 10.5. The van der Waals surface area contributed by atoms with Crippen molar-refractivity contribution in [3.05, 3.63) is 34.4 Å². The Labute approximate surface area is 194 Å². The van der Waals surface area contributed by atoms with Crippen molar-refractivity contribution >= 4 is 12.4 Å². The van der Waals surface area contributed by atoms with E-state index in [2.05, 4.69) is 26.0 Å². The Morgan fingerprint density at radius 2 is 1.38 bits per heavy atom. The Morgan fingerprint density at radius 3 is 1.84 bits per heavy atom. The number of carbonyl (C=O) groups is 2. The van der Waals surface area contributed by atoms with Crippen molar-refractivity contribution in [1.29, 1.82) is 0 Å². The van der Waals surface area contributed by atoms with E-state index >= 15 is 0 Å². The predicted octanol–water partition coefficient (Wildman–Crippen LogP) is 6.86. The summed E-state index contributed by atoms with van der Waals surface area (Å²) in [5, 5.41) is 9.28. The maximum absolute atomic E-state index is 11.3. The smallest absolute Gasteiger partial charge is 0.309 e. The molecule has 3 rings (SSSR count). The van der Waals surface area contributed by atoms with Crippen LogP contribution in [0.4, 0.5) is 0 Å². The van der Waals surface area contributed by atoms with Crippen LogP contribution >= 0.6 is 0 Å². The standard InChI is InChI=1S/C28H42O4/c1-22-19-23(2)25(12-8-4-6-10-14-28(17-18-28)32-21-29)20-24(22)11-7-3-5-9-13-27(15-16-27)26(30)31/h19-21H,3-18H2,1-2H3,(H,30,31). The Balaban J connectivity index is 1.32. The molecule has 178 valence electrons. The summed E-state index contributed by atoms with van der Waals surface area (Å²) in [6, 6.07) is 4.79. The van der Waals surface area contributed by atoms with E-state index in [0.717, 1.165) is 70.6 Å². The first kappa shape index (κ1) is 24.8. The number of aryl methyl sites for hydroxylation is 4. The fourth-order valence-corrected chi connectivity index (χ4v) is 5.13. The third-order valence-electron chi connectivity index (χ3n) is 7.89. The molecule has 0 spiro atoms. The zero-order chi connectivity index (χ0) is 23.0. The van der Waals surface area contributed by atoms with Gasteiger partial charge in [0.15, 0.2) is 0 Å². The normalized spacial score (nSPS) is 17.7. The Bertz CT molecular complexity index is 774. The molecule has 0 aromatic heterocycles. The summed E-state index contributed by atoms with van der Waals surface area (Å²) in [7, 11) is 0. The minimum atomic E-state index is -0.584. The van der Waals surface area contributed by atoms with E-state index in [1.807, 2.05) is 0 Å². The van der Waals surface area contributed by atoms with Crippen LogP contribution in [0.3, 0.4) is 0 Å². The second-order valence-electron chi connectivity index (χ2n) is 10.5. The molecule has 32 heavy (non-hydrogen) atoms. The van der Waals surface area contributed by atoms with E-state index in [4.69, 9.17) is 4.74 Å². The van der Waals surface area contributed by atoms with Gasteiger partial charge in [0.2, 0.25) is 0 Å². The summed E-state index contributed by atoms with van der Waals surface area (Å²) in [4.78, 5) is 21.8. The number of unbranched alkanes of at least 4 members (excludes halogenated alkanes) is 6. The lowest BCUT2D eigenvalue weighted by Gasteiger charge is -2.14. The van der Waals surface area contributed by atoms with Crippen LogP contribution in [0.1, 0.15) is 112 Å². The number of benzene rings is 1. The van der Waals surface area contributed by atoms with Gasteiger partial charge in [-0.25, -0.2) is 0 Å². The van der Waals surface area contributed by atoms with E-state index in [1.54, 1.807) is 0 Å². The highest BCUT2D eigenvalue weighted by atomic mass is 16.5. The Morgan fingerprint density at radius 1 is 0.844 bits per heavy atom. The number of hydrogen-bond acceptors (Lipinski definition) is 3. The third kappa shape index (κ3) is 7.08. The van der Waals surface area contributed by atoms with Gasteiger partial charge in [-0.3, -0.25) is 9.59 Å². The van der Waals surface area contributed by atoms with Crippen molar-refractivity contribution in [1.82, 2.24) is 0 Å². The molecule has 1 aromatic carbocycles. The van der Waals surface area contributed by atoms with Crippen molar-refractivity contribution in [2.45, 2.75) is 122 Å². The van der Waals surface area contributed by atoms with Crippen LogP contribution in [0.5, 0.6) is 0 Å². The zero-order valence-corrected chi connectivity index (χ0v) is 20.2. The maximum atomic E-state index is 11.3. The van der Waals surface area contributed by atoms with Crippen molar-refractivity contribution in [2.75, 3.05) is 0 Å². The molecular formula is C28H42O4. The van der Waals surface area contributed by atoms with E-state index in [-0.39, 0.29) is 11.0 Å². The fraction of sp³-hybridized carbons (Fsp3) is 0.714. The molecule has 0 amide bonds. The summed E-state index contributed by atoms with van der Waals surface area (Å²) >= 11 is 0. The van der Waals surface area contributed by atoms with Gasteiger partial charge < -0.3 is 9.84 Å². The summed E-state index contributed by atoms with van der Waals surface area (Å²) < 4.78 is 5.23. The highest BCUT2D eigenvalue weighted by Crippen LogP contribution is 2.50. The van der Waals surface area contributed by atoms with Crippen LogP contribution in [0.15, 0.2) is 12.1 Å². The van der Waals surface area contributed by atoms with Crippen LogP contribution in [0.2, 0.25) is 0 Å². The van der Waals surface area contributed by atoms with Crippen molar-refractivity contribution in [3.63, 3.8) is 0 Å². The molecule has 4 heteroatoms. The number of hydrogen-bond donors (Lipinski definition) is 1. The average Bonchev–Trinajstić information content (AvgIpc) is 3.67. The lowest BCUT2D eigenvalue weighted by atomic mass is 9.93. The Kier molecular flexibility index (Phi) is 8.79. The lowest BCUT2D eigenvalue weighted by Crippen LogP contribution is -2.14. The minimum absolute atomic E-state index is 0.0974. The third-order valence-corrected chi connectivity index (χ3v) is 7.89. The van der Waals surface area contributed by atoms with Crippen molar-refractivity contribution in [3.8, 4) is 0 Å². The molecule has 2 aliphatic rings. The molecule has 0 bridgehead atoms. The molecule has 4 nitrogen and oxygen atoms in total. The van der Waals surface area contributed by atoms with Crippen LogP contribution in [0, 0.1) is 19.3 Å². The SMILES string of the molecule is Cc1cc(C)c(CCCCCCC2(C(=O)O)CC2)cc1CCCCCCC1(OC=O)CC1. The molecule has 0 unspecified atom stereocenters. The van der Waals surface area contributed by atoms with Gasteiger partial charge in [-0.15, -0.1) is 0 Å². The summed E-state index contributed by atoms with van der Waals surface area (Å²) in [6.45, 7) is 5.08. The summed E-state index contributed by atoms with van der Waals surface area (Å²) in [5.41, 5.74) is 5.33. The fourth-order valence-electron chi connectivity index (χ4n) is 5.13. The highest BCUT2D eigenvalue weighted by molar-refractivity contribution is 5.77. The number of carboxylic acids is 1. The van der Waals surface area contributed by atoms with Crippen LogP contribution in [0.25, 0.3) is 0 Å². The largest absolute Gasteiger partial charge is 0.481 e. The predicted molar refractivity (Wildman–Crippen MR) is 128 cm³/mol. The van der Waals surface area contributed by atoms with Gasteiger partial charge in [0, 0.05) is 0 Å². The van der Waals surface area contributed by atoms with Gasteiger partial charge in [-0.1, -0.05) is 44.2 Å². The average molecular weight is 443 g/mol. The van der Waals surface area contributed by atoms with E-state index in [9.17, 15) is 14.7 Å². The molecule has 0 saturated heterocycles. The second kappa shape index (κ2) is 11.3. The zero-order valence-electron chi connectivity index (χ0n) is 20.2. The monoisotopic (exact) mass is 442 g/mol. The van der Waals surface area contributed by atoms with E-state index in [1.165, 1.54) is 54.4 Å². The van der Waals surface area contributed by atoms with Gasteiger partial charge in [-0.05, 0) is 107 Å². The first-order valence-electron chi connectivity index (χ1n) is 12.8. The maximum Gasteiger partial charge on any atom is 0.309 e. The number of ether oxygens (including phenoxy) is 1. The molecule has 2 fully saturated rings. The summed E-state index contributed by atoms with van der Waals surface area (Å²) in [6.07, 6.45) is 17.4. The van der Waals surface area contributed by atoms with Gasteiger partial charge in [0.05, 0.1) is 5.41 Å². The first-order chi connectivity index (χ1) is 15.4. The molecule has 0 radical (unpaired) electrons. The topological polar surface area (TPSA) is 63.6 Å². The van der Waals surface area contributed by atoms with Crippen molar-refractivity contribution < 1.29 is 19.4 Å². The van der Waals surface area contributed by atoms with Crippen molar-refractivity contribution in [2.24, 2.45) is 5.41 Å². The van der Waals surface area contributed by atoms with Gasteiger partial charge >= 0.3 is 5.97 Å². The minimum Gasteiger partial charge on any atom is -0.481 e. The number of carbonyl (C=O) groups excluding carboxylic acids is 1. The van der Waals surface area contributed by atoms with Crippen LogP contribution in [-0.2, 0) is 27.2 Å². The molecule has 1 N–H and O–H groups in total. The van der Waals surface area contributed by atoms with Crippen LogP contribution < -0.4 is 0 Å². The molecule has 0 aliphatic heterocycles. The first-order valence-corrected chi connectivity index (χ1v) is 12.8. The number of aliphatic carboxylic acids is 1. The number of carboxylic acid groups (broad SMARTS) is 1. The lowest BCUT2D eigenvalue weighted by molar-refractivity contribution is -0.143. The van der Waals surface area contributed by atoms with Gasteiger partial charge in [0.25, 0.3) is 6.47 Å². The molecule has 2 saturated carbocycles. The molecule has 2 aliphatic carbocycles. The van der Waals surface area contributed by atoms with Crippen LogP contribution in [-0.4, -0.2) is 23.1 Å². The van der Waals surface area contributed by atoms with Gasteiger partial charge in [-0.2, -0.15) is 0 Å². The summed E-state index contributed by atoms with van der Waals surface area (Å²) in [5.74, 6) is -0.584. The molecular weight excluding hydrogens is 400 g/mol. The highest BCUT2D eigenvalue weighted by Gasteiger charge is 2.49. The molecule has 0 heterocycles. The molecule has 0 atom stereocenters. The Hall–Kier alpha value is -1.84. The number of rotatable bonds is 17. The van der Waals surface area contributed by atoms with E-state index < -0.39 is 5.97 Å². The van der Waals surface area contributed by atoms with Gasteiger partial charge in [0.1, 0.15) is 5.60 Å².